The zero-order valence-electron chi connectivity index (χ0n) is 16.0. The van der Waals surface area contributed by atoms with Crippen molar-refractivity contribution in [1.29, 1.82) is 0 Å². The van der Waals surface area contributed by atoms with Crippen LogP contribution in [-0.2, 0) is 6.18 Å². The summed E-state index contributed by atoms with van der Waals surface area (Å²) >= 11 is 11.9. The Bertz CT molecular complexity index is 841. The lowest BCUT2D eigenvalue weighted by Gasteiger charge is -2.33. The summed E-state index contributed by atoms with van der Waals surface area (Å²) in [5, 5.41) is 0.313. The molecule has 9 heteroatoms. The van der Waals surface area contributed by atoms with Crippen LogP contribution in [0.5, 0.6) is 0 Å². The summed E-state index contributed by atoms with van der Waals surface area (Å²) in [5.41, 5.74) is -1.75. The van der Waals surface area contributed by atoms with Gasteiger partial charge in [0.05, 0.1) is 10.7 Å². The summed E-state index contributed by atoms with van der Waals surface area (Å²) < 4.78 is 42.6. The standard InChI is InChI=1S/C19H22Cl2F3N3O/c1-5-11(3)27(12(4)6-2)18(28)16-17(19(22,23)24)26(10-25-16)15-8-7-13(20)9-14(15)21/h7-12H,5-6H2,1-4H3. The molecule has 0 radical (unpaired) electrons. The summed E-state index contributed by atoms with van der Waals surface area (Å²) in [6.45, 7) is 7.38. The van der Waals surface area contributed by atoms with E-state index in [1.54, 1.807) is 0 Å². The molecule has 1 aromatic heterocycles. The van der Waals surface area contributed by atoms with Crippen LogP contribution in [0.3, 0.4) is 0 Å². The van der Waals surface area contributed by atoms with Crippen LogP contribution in [0.1, 0.15) is 56.7 Å². The second-order valence-electron chi connectivity index (χ2n) is 6.63. The average Bonchev–Trinajstić information content (AvgIpc) is 3.06. The first kappa shape index (κ1) is 22.6. The Kier molecular flexibility index (Phi) is 7.04. The Morgan fingerprint density at radius 2 is 1.75 bits per heavy atom. The van der Waals surface area contributed by atoms with Crippen molar-refractivity contribution in [2.75, 3.05) is 0 Å². The highest BCUT2D eigenvalue weighted by Gasteiger charge is 2.42. The third-order valence-electron chi connectivity index (χ3n) is 4.77. The molecule has 1 heterocycles. The Morgan fingerprint density at radius 3 is 2.21 bits per heavy atom. The number of rotatable bonds is 6. The van der Waals surface area contributed by atoms with Gasteiger partial charge < -0.3 is 4.90 Å². The van der Waals surface area contributed by atoms with E-state index in [9.17, 15) is 18.0 Å². The normalized spacial score (nSPS) is 14.0. The molecule has 154 valence electrons. The molecule has 0 saturated carbocycles. The Balaban J connectivity index is 2.65. The number of carbonyl (C=O) groups excluding carboxylic acids is 1. The highest BCUT2D eigenvalue weighted by Crippen LogP contribution is 2.36. The van der Waals surface area contributed by atoms with E-state index in [1.807, 2.05) is 27.7 Å². The van der Waals surface area contributed by atoms with Gasteiger partial charge in [-0.25, -0.2) is 4.98 Å². The molecule has 0 bridgehead atoms. The molecular weight excluding hydrogens is 414 g/mol. The SMILES string of the molecule is CCC(C)N(C(=O)c1ncn(-c2ccc(Cl)cc2Cl)c1C(F)(F)F)C(C)CC. The van der Waals surface area contributed by atoms with Crippen LogP contribution in [0.25, 0.3) is 5.69 Å². The summed E-state index contributed by atoms with van der Waals surface area (Å²) in [5.74, 6) is -0.750. The molecule has 0 aliphatic carbocycles. The van der Waals surface area contributed by atoms with E-state index in [1.165, 1.54) is 23.1 Å². The maximum Gasteiger partial charge on any atom is 0.434 e. The molecule has 0 spiro atoms. The van der Waals surface area contributed by atoms with E-state index in [-0.39, 0.29) is 22.8 Å². The van der Waals surface area contributed by atoms with Gasteiger partial charge in [0, 0.05) is 17.1 Å². The van der Waals surface area contributed by atoms with Crippen molar-refractivity contribution in [3.05, 3.63) is 46.0 Å². The van der Waals surface area contributed by atoms with E-state index >= 15 is 0 Å². The molecule has 2 aromatic rings. The van der Waals surface area contributed by atoms with Crippen LogP contribution < -0.4 is 0 Å². The lowest BCUT2D eigenvalue weighted by molar-refractivity contribution is -0.142. The molecule has 0 N–H and O–H groups in total. The summed E-state index contributed by atoms with van der Waals surface area (Å²) in [7, 11) is 0. The number of nitrogens with zero attached hydrogens (tertiary/aromatic N) is 3. The molecule has 1 aromatic carbocycles. The van der Waals surface area contributed by atoms with Gasteiger partial charge in [0.15, 0.2) is 11.4 Å². The number of benzene rings is 1. The quantitative estimate of drug-likeness (QED) is 0.538. The first-order valence-electron chi connectivity index (χ1n) is 8.95. The zero-order valence-corrected chi connectivity index (χ0v) is 17.5. The van der Waals surface area contributed by atoms with Crippen LogP contribution in [0.15, 0.2) is 24.5 Å². The number of hydrogen-bond donors (Lipinski definition) is 0. The van der Waals surface area contributed by atoms with E-state index in [0.717, 1.165) is 10.9 Å². The molecule has 0 aliphatic heterocycles. The van der Waals surface area contributed by atoms with Crippen molar-refractivity contribution < 1.29 is 18.0 Å². The monoisotopic (exact) mass is 435 g/mol. The van der Waals surface area contributed by atoms with E-state index in [2.05, 4.69) is 4.98 Å². The molecule has 28 heavy (non-hydrogen) atoms. The van der Waals surface area contributed by atoms with E-state index in [4.69, 9.17) is 23.2 Å². The molecule has 0 aliphatic rings. The molecule has 4 nitrogen and oxygen atoms in total. The second-order valence-corrected chi connectivity index (χ2v) is 7.48. The first-order chi connectivity index (χ1) is 13.0. The molecule has 2 unspecified atom stereocenters. The largest absolute Gasteiger partial charge is 0.434 e. The van der Waals surface area contributed by atoms with Crippen molar-refractivity contribution in [2.24, 2.45) is 0 Å². The average molecular weight is 436 g/mol. The van der Waals surface area contributed by atoms with Crippen molar-refractivity contribution in [3.8, 4) is 5.69 Å². The Hall–Kier alpha value is -1.73. The fourth-order valence-corrected chi connectivity index (χ4v) is 3.49. The molecule has 2 atom stereocenters. The third kappa shape index (κ3) is 4.46. The Labute approximate surface area is 172 Å². The molecule has 1 amide bonds. The van der Waals surface area contributed by atoms with Gasteiger partial charge in [0.1, 0.15) is 6.33 Å². The minimum absolute atomic E-state index is 0.0232. The van der Waals surface area contributed by atoms with Gasteiger partial charge in [-0.05, 0) is 44.9 Å². The van der Waals surface area contributed by atoms with Crippen molar-refractivity contribution in [2.45, 2.75) is 58.8 Å². The van der Waals surface area contributed by atoms with Crippen LogP contribution in [0.2, 0.25) is 10.0 Å². The maximum atomic E-state index is 13.9. The Morgan fingerprint density at radius 1 is 1.18 bits per heavy atom. The summed E-state index contributed by atoms with van der Waals surface area (Å²) in [4.78, 5) is 18.4. The van der Waals surface area contributed by atoms with Gasteiger partial charge in [0.25, 0.3) is 5.91 Å². The molecule has 0 saturated heterocycles. The predicted octanol–water partition coefficient (Wildman–Crippen LogP) is 6.24. The van der Waals surface area contributed by atoms with E-state index in [0.29, 0.717) is 17.9 Å². The molecule has 0 fully saturated rings. The van der Waals surface area contributed by atoms with Crippen LogP contribution >= 0.6 is 23.2 Å². The van der Waals surface area contributed by atoms with Gasteiger partial charge in [-0.1, -0.05) is 37.0 Å². The van der Waals surface area contributed by atoms with Gasteiger partial charge in [-0.15, -0.1) is 0 Å². The fourth-order valence-electron chi connectivity index (χ4n) is 2.99. The van der Waals surface area contributed by atoms with Crippen molar-refractivity contribution in [3.63, 3.8) is 0 Å². The number of halogens is 5. The topological polar surface area (TPSA) is 38.1 Å². The minimum atomic E-state index is -4.80. The van der Waals surface area contributed by atoms with Gasteiger partial charge in [0.2, 0.25) is 0 Å². The molecular formula is C19H22Cl2F3N3O. The van der Waals surface area contributed by atoms with Crippen molar-refractivity contribution >= 4 is 29.1 Å². The number of aromatic nitrogens is 2. The lowest BCUT2D eigenvalue weighted by Crippen LogP contribution is -2.45. The van der Waals surface area contributed by atoms with Gasteiger partial charge >= 0.3 is 6.18 Å². The minimum Gasteiger partial charge on any atom is -0.332 e. The van der Waals surface area contributed by atoms with Gasteiger partial charge in [-0.2, -0.15) is 13.2 Å². The number of imidazole rings is 1. The fraction of sp³-hybridized carbons (Fsp3) is 0.474. The second kappa shape index (κ2) is 8.74. The smallest absolute Gasteiger partial charge is 0.332 e. The van der Waals surface area contributed by atoms with Crippen LogP contribution in [-0.4, -0.2) is 32.4 Å². The zero-order chi connectivity index (χ0) is 21.2. The van der Waals surface area contributed by atoms with Crippen LogP contribution in [0, 0.1) is 0 Å². The lowest BCUT2D eigenvalue weighted by atomic mass is 10.1. The van der Waals surface area contributed by atoms with E-state index < -0.39 is 23.5 Å². The predicted molar refractivity (Wildman–Crippen MR) is 104 cm³/mol. The first-order valence-corrected chi connectivity index (χ1v) is 9.71. The van der Waals surface area contributed by atoms with Crippen molar-refractivity contribution in [1.82, 2.24) is 14.5 Å². The molecule has 2 rings (SSSR count). The third-order valence-corrected chi connectivity index (χ3v) is 5.31. The van der Waals surface area contributed by atoms with Gasteiger partial charge in [-0.3, -0.25) is 9.36 Å². The number of alkyl halides is 3. The number of amides is 1. The number of hydrogen-bond acceptors (Lipinski definition) is 2. The number of carbonyl (C=O) groups is 1. The maximum absolute atomic E-state index is 13.9. The highest BCUT2D eigenvalue weighted by atomic mass is 35.5. The highest BCUT2D eigenvalue weighted by molar-refractivity contribution is 6.35. The summed E-state index contributed by atoms with van der Waals surface area (Å²) in [6, 6.07) is 3.66. The van der Waals surface area contributed by atoms with Crippen LogP contribution in [0.4, 0.5) is 13.2 Å². The summed E-state index contributed by atoms with van der Waals surface area (Å²) in [6.07, 6.45) is -2.61.